The predicted octanol–water partition coefficient (Wildman–Crippen LogP) is 13.1. The van der Waals surface area contributed by atoms with Crippen LogP contribution in [0.1, 0.15) is 25.0 Å². The second-order valence-corrected chi connectivity index (χ2v) is 13.7. The third kappa shape index (κ3) is 3.91. The van der Waals surface area contributed by atoms with Gasteiger partial charge >= 0.3 is 0 Å². The van der Waals surface area contributed by atoms with E-state index >= 15 is 0 Å². The number of ether oxygens (including phenoxy) is 1. The van der Waals surface area contributed by atoms with Crippen LogP contribution in [0.3, 0.4) is 0 Å². The monoisotopic (exact) mass is 612 g/mol. The largest absolute Gasteiger partial charge is 0.456 e. The molecule has 1 heteroatoms. The summed E-state index contributed by atoms with van der Waals surface area (Å²) in [6, 6.07) is 57.5. The molecular formula is C47H32O. The van der Waals surface area contributed by atoms with Gasteiger partial charge in [0.15, 0.2) is 0 Å². The molecule has 0 amide bonds. The first-order valence-electron chi connectivity index (χ1n) is 16.8. The summed E-state index contributed by atoms with van der Waals surface area (Å²) < 4.78 is 6.51. The number of rotatable bonds is 3. The van der Waals surface area contributed by atoms with Crippen molar-refractivity contribution in [2.75, 3.05) is 0 Å². The van der Waals surface area contributed by atoms with Crippen LogP contribution in [0.2, 0.25) is 0 Å². The van der Waals surface area contributed by atoms with Crippen molar-refractivity contribution in [1.82, 2.24) is 0 Å². The first kappa shape index (κ1) is 27.2. The van der Waals surface area contributed by atoms with Crippen LogP contribution in [0.25, 0.3) is 77.2 Å². The van der Waals surface area contributed by atoms with E-state index in [0.717, 1.165) is 17.1 Å². The number of hydrogen-bond donors (Lipinski definition) is 0. The first-order chi connectivity index (χ1) is 23.5. The van der Waals surface area contributed by atoms with Crippen molar-refractivity contribution in [3.63, 3.8) is 0 Å². The molecule has 1 aliphatic heterocycles. The quantitative estimate of drug-likeness (QED) is 0.193. The number of fused-ring (bicyclic) bond motifs is 7. The molecule has 0 atom stereocenters. The van der Waals surface area contributed by atoms with Gasteiger partial charge in [-0.25, -0.2) is 0 Å². The summed E-state index contributed by atoms with van der Waals surface area (Å²) >= 11 is 0. The van der Waals surface area contributed by atoms with Gasteiger partial charge in [0.05, 0.1) is 0 Å². The molecule has 0 fully saturated rings. The molecule has 0 aromatic heterocycles. The third-order valence-corrected chi connectivity index (χ3v) is 10.7. The molecule has 0 spiro atoms. The van der Waals surface area contributed by atoms with Crippen molar-refractivity contribution >= 4 is 21.5 Å². The van der Waals surface area contributed by atoms with E-state index in [1.165, 1.54) is 82.7 Å². The van der Waals surface area contributed by atoms with E-state index in [4.69, 9.17) is 4.74 Å². The van der Waals surface area contributed by atoms with Gasteiger partial charge in [0.2, 0.25) is 0 Å². The van der Waals surface area contributed by atoms with Crippen LogP contribution in [0.5, 0.6) is 11.5 Å². The molecule has 48 heavy (non-hydrogen) atoms. The number of benzene rings is 8. The van der Waals surface area contributed by atoms with Crippen molar-refractivity contribution in [3.05, 3.63) is 169 Å². The maximum Gasteiger partial charge on any atom is 0.135 e. The summed E-state index contributed by atoms with van der Waals surface area (Å²) in [6.45, 7) is 4.73. The molecule has 1 aliphatic carbocycles. The van der Waals surface area contributed by atoms with Crippen molar-refractivity contribution in [1.29, 1.82) is 0 Å². The summed E-state index contributed by atoms with van der Waals surface area (Å²) in [4.78, 5) is 0. The Morgan fingerprint density at radius 3 is 1.94 bits per heavy atom. The minimum Gasteiger partial charge on any atom is -0.456 e. The van der Waals surface area contributed by atoms with Crippen molar-refractivity contribution in [2.45, 2.75) is 19.3 Å². The molecule has 10 rings (SSSR count). The van der Waals surface area contributed by atoms with Crippen LogP contribution < -0.4 is 4.74 Å². The standard InChI is InChI=1S/C47H32O/c1-47(2)41-24-20-31-11-6-7-12-36(31)45(41)39-22-19-34(28-42(39)47)30-15-17-32(18-16-30)35-23-26-44-46-37(35)13-8-14-38(46)40-27-33(21-25-43(40)48-44)29-9-4-3-5-10-29/h3-28H,1-2H3. The molecule has 2 aliphatic rings. The maximum absolute atomic E-state index is 6.51. The Balaban J connectivity index is 1.04. The zero-order valence-corrected chi connectivity index (χ0v) is 26.9. The Morgan fingerprint density at radius 1 is 0.396 bits per heavy atom. The lowest BCUT2D eigenvalue weighted by Gasteiger charge is -2.23. The Labute approximate surface area is 280 Å². The second-order valence-electron chi connectivity index (χ2n) is 13.7. The SMILES string of the molecule is CC1(C)c2cc(-c3ccc(-c4ccc5c6c(cccc46)-c4cc(-c6ccccc6)ccc4O5)cc3)ccc2-c2c1ccc1ccccc21. The van der Waals surface area contributed by atoms with E-state index in [9.17, 15) is 0 Å². The lowest BCUT2D eigenvalue weighted by molar-refractivity contribution is 0.487. The van der Waals surface area contributed by atoms with Gasteiger partial charge in [-0.1, -0.05) is 147 Å². The molecule has 0 saturated carbocycles. The smallest absolute Gasteiger partial charge is 0.135 e. The molecule has 0 saturated heterocycles. The van der Waals surface area contributed by atoms with E-state index in [-0.39, 0.29) is 5.41 Å². The average Bonchev–Trinajstić information content (AvgIpc) is 3.38. The summed E-state index contributed by atoms with van der Waals surface area (Å²) in [5, 5.41) is 5.01. The fourth-order valence-electron chi connectivity index (χ4n) is 8.22. The van der Waals surface area contributed by atoms with Gasteiger partial charge in [-0.2, -0.15) is 0 Å². The Morgan fingerprint density at radius 2 is 1.06 bits per heavy atom. The zero-order valence-electron chi connectivity index (χ0n) is 26.9. The Hall–Kier alpha value is -5.92. The van der Waals surface area contributed by atoms with E-state index in [1.807, 2.05) is 0 Å². The van der Waals surface area contributed by atoms with E-state index in [2.05, 4.69) is 172 Å². The molecule has 8 aromatic carbocycles. The van der Waals surface area contributed by atoms with E-state index < -0.39 is 0 Å². The Kier molecular flexibility index (Phi) is 5.69. The molecular weight excluding hydrogens is 581 g/mol. The van der Waals surface area contributed by atoms with Gasteiger partial charge in [0.25, 0.3) is 0 Å². The highest BCUT2D eigenvalue weighted by atomic mass is 16.5. The van der Waals surface area contributed by atoms with E-state index in [1.54, 1.807) is 0 Å². The highest BCUT2D eigenvalue weighted by Gasteiger charge is 2.36. The lowest BCUT2D eigenvalue weighted by atomic mass is 9.81. The van der Waals surface area contributed by atoms with Gasteiger partial charge in [-0.15, -0.1) is 0 Å². The van der Waals surface area contributed by atoms with Crippen LogP contribution in [-0.4, -0.2) is 0 Å². The molecule has 0 radical (unpaired) electrons. The van der Waals surface area contributed by atoms with Crippen LogP contribution in [0, 0.1) is 0 Å². The topological polar surface area (TPSA) is 9.23 Å². The highest BCUT2D eigenvalue weighted by Crippen LogP contribution is 2.53. The minimum atomic E-state index is -0.0590. The van der Waals surface area contributed by atoms with Crippen LogP contribution >= 0.6 is 0 Å². The predicted molar refractivity (Wildman–Crippen MR) is 201 cm³/mol. The minimum absolute atomic E-state index is 0.0590. The van der Waals surface area contributed by atoms with Crippen LogP contribution in [-0.2, 0) is 5.41 Å². The van der Waals surface area contributed by atoms with Gasteiger partial charge in [-0.3, -0.25) is 0 Å². The number of hydrogen-bond acceptors (Lipinski definition) is 1. The highest BCUT2D eigenvalue weighted by molar-refractivity contribution is 6.10. The summed E-state index contributed by atoms with van der Waals surface area (Å²) in [7, 11) is 0. The van der Waals surface area contributed by atoms with Gasteiger partial charge < -0.3 is 4.74 Å². The molecule has 226 valence electrons. The molecule has 0 bridgehead atoms. The molecule has 1 heterocycles. The van der Waals surface area contributed by atoms with Gasteiger partial charge in [-0.05, 0) is 102 Å². The van der Waals surface area contributed by atoms with Gasteiger partial charge in [0, 0.05) is 16.4 Å². The average molecular weight is 613 g/mol. The maximum atomic E-state index is 6.51. The van der Waals surface area contributed by atoms with Crippen molar-refractivity contribution < 1.29 is 4.74 Å². The Bertz CT molecular complexity index is 2590. The fraction of sp³-hybridized carbons (Fsp3) is 0.0638. The first-order valence-corrected chi connectivity index (χ1v) is 16.8. The lowest BCUT2D eigenvalue weighted by Crippen LogP contribution is -2.15. The molecule has 8 aromatic rings. The van der Waals surface area contributed by atoms with Crippen molar-refractivity contribution in [2.24, 2.45) is 0 Å². The second kappa shape index (κ2) is 10.0. The van der Waals surface area contributed by atoms with Crippen molar-refractivity contribution in [3.8, 4) is 67.1 Å². The van der Waals surface area contributed by atoms with Gasteiger partial charge in [0.1, 0.15) is 11.5 Å². The summed E-state index contributed by atoms with van der Waals surface area (Å²) in [5.41, 5.74) is 15.1. The molecule has 0 unspecified atom stereocenters. The zero-order chi connectivity index (χ0) is 32.0. The molecule has 1 nitrogen and oxygen atoms in total. The summed E-state index contributed by atoms with van der Waals surface area (Å²) in [6.07, 6.45) is 0. The summed E-state index contributed by atoms with van der Waals surface area (Å²) in [5.74, 6) is 1.82. The van der Waals surface area contributed by atoms with E-state index in [0.29, 0.717) is 0 Å². The van der Waals surface area contributed by atoms with Crippen LogP contribution in [0.15, 0.2) is 158 Å². The third-order valence-electron chi connectivity index (χ3n) is 10.7. The normalized spacial score (nSPS) is 13.5. The molecule has 0 N–H and O–H groups in total. The fourth-order valence-corrected chi connectivity index (χ4v) is 8.22. The van der Waals surface area contributed by atoms with Crippen LogP contribution in [0.4, 0.5) is 0 Å².